The molecule has 0 saturated carbocycles. The van der Waals surface area contributed by atoms with E-state index in [1.807, 2.05) is 0 Å². The van der Waals surface area contributed by atoms with E-state index in [1.165, 1.54) is 38.5 Å². The number of phosphoric ester groups is 2. The molecule has 616 valence electrons. The number of aliphatic hydroxyl groups excluding tert-OH is 1. The van der Waals surface area contributed by atoms with Gasteiger partial charge in [-0.15, -0.1) is 0 Å². The zero-order valence-corrected chi connectivity index (χ0v) is 69.3. The summed E-state index contributed by atoms with van der Waals surface area (Å²) in [5.41, 5.74) is 0. The van der Waals surface area contributed by atoms with Gasteiger partial charge in [0.2, 0.25) is 0 Å². The first-order valence-electron chi connectivity index (χ1n) is 41.7. The fourth-order valence-electron chi connectivity index (χ4n) is 10.7. The van der Waals surface area contributed by atoms with Crippen LogP contribution in [0.1, 0.15) is 323 Å². The Labute approximate surface area is 655 Å². The zero-order chi connectivity index (χ0) is 78.9. The molecule has 0 aliphatic heterocycles. The summed E-state index contributed by atoms with van der Waals surface area (Å²) in [5, 5.41) is 10.7. The summed E-state index contributed by atoms with van der Waals surface area (Å²) in [5.74, 6) is -2.26. The van der Waals surface area contributed by atoms with Crippen LogP contribution in [0.25, 0.3) is 0 Å². The van der Waals surface area contributed by atoms with Gasteiger partial charge in [-0.2, -0.15) is 0 Å². The van der Waals surface area contributed by atoms with Crippen LogP contribution in [0, 0.1) is 0 Å². The molecular weight excluding hydrogens is 1400 g/mol. The van der Waals surface area contributed by atoms with E-state index in [0.717, 1.165) is 205 Å². The van der Waals surface area contributed by atoms with Gasteiger partial charge in [0.25, 0.3) is 0 Å². The molecule has 0 bridgehead atoms. The number of allylic oxidation sites excluding steroid dienone is 26. The second-order valence-corrected chi connectivity index (χ2v) is 30.2. The maximum Gasteiger partial charge on any atom is 0.472 e. The number of hydrogen-bond acceptors (Lipinski definition) is 15. The van der Waals surface area contributed by atoms with Gasteiger partial charge in [-0.25, -0.2) is 9.13 Å². The normalized spacial score (nSPS) is 14.6. The van der Waals surface area contributed by atoms with E-state index in [9.17, 15) is 43.2 Å². The van der Waals surface area contributed by atoms with Crippen molar-refractivity contribution in [3.63, 3.8) is 0 Å². The average molecular weight is 1550 g/mol. The first-order chi connectivity index (χ1) is 52.7. The third-order valence-corrected chi connectivity index (χ3v) is 18.9. The van der Waals surface area contributed by atoms with Crippen molar-refractivity contribution in [3.8, 4) is 0 Å². The molecule has 19 heteroatoms. The number of ether oxygens (including phenoxy) is 4. The van der Waals surface area contributed by atoms with Crippen molar-refractivity contribution in [2.45, 2.75) is 341 Å². The maximum atomic E-state index is 13.1. The second kappa shape index (κ2) is 79.8. The molecule has 0 aliphatic rings. The Bertz CT molecular complexity index is 2660. The molecule has 0 aliphatic carbocycles. The Hall–Kier alpha value is -5.32. The molecule has 3 N–H and O–H groups in total. The largest absolute Gasteiger partial charge is 0.472 e. The number of carbonyl (C=O) groups excluding carboxylic acids is 4. The van der Waals surface area contributed by atoms with Crippen molar-refractivity contribution in [2.24, 2.45) is 0 Å². The molecule has 0 aromatic rings. The van der Waals surface area contributed by atoms with E-state index < -0.39 is 97.5 Å². The number of esters is 4. The van der Waals surface area contributed by atoms with Gasteiger partial charge in [0.05, 0.1) is 26.4 Å². The van der Waals surface area contributed by atoms with Gasteiger partial charge in [-0.3, -0.25) is 37.3 Å². The smallest absolute Gasteiger partial charge is 0.462 e. The zero-order valence-electron chi connectivity index (χ0n) is 67.5. The molecule has 0 radical (unpaired) electrons. The lowest BCUT2D eigenvalue weighted by Gasteiger charge is -2.21. The lowest BCUT2D eigenvalue weighted by molar-refractivity contribution is -0.161. The molecule has 0 saturated heterocycles. The number of aliphatic hydroxyl groups is 1. The highest BCUT2D eigenvalue weighted by Crippen LogP contribution is 2.45. The van der Waals surface area contributed by atoms with E-state index in [1.54, 1.807) is 0 Å². The van der Waals surface area contributed by atoms with Crippen LogP contribution in [0.3, 0.4) is 0 Å². The second-order valence-electron chi connectivity index (χ2n) is 27.3. The van der Waals surface area contributed by atoms with Crippen molar-refractivity contribution in [2.75, 3.05) is 39.6 Å². The van der Waals surface area contributed by atoms with E-state index in [-0.39, 0.29) is 25.7 Å². The fourth-order valence-corrected chi connectivity index (χ4v) is 12.3. The number of unbranched alkanes of at least 4 members (excludes halogenated alkanes) is 25. The van der Waals surface area contributed by atoms with Crippen LogP contribution in [-0.4, -0.2) is 96.7 Å². The Morgan fingerprint density at radius 1 is 0.269 bits per heavy atom. The first-order valence-corrected chi connectivity index (χ1v) is 44.7. The van der Waals surface area contributed by atoms with Gasteiger partial charge in [-0.1, -0.05) is 288 Å². The van der Waals surface area contributed by atoms with Gasteiger partial charge < -0.3 is 33.8 Å². The first kappa shape index (κ1) is 103. The highest BCUT2D eigenvalue weighted by atomic mass is 31.2. The minimum Gasteiger partial charge on any atom is -0.462 e. The predicted octanol–water partition coefficient (Wildman–Crippen LogP) is 24.8. The highest BCUT2D eigenvalue weighted by Gasteiger charge is 2.30. The quantitative estimate of drug-likeness (QED) is 0.0169. The Kier molecular flexibility index (Phi) is 75.8. The maximum absolute atomic E-state index is 13.1. The van der Waals surface area contributed by atoms with Gasteiger partial charge in [0.1, 0.15) is 19.3 Å². The van der Waals surface area contributed by atoms with Gasteiger partial charge >= 0.3 is 39.5 Å². The number of phosphoric acid groups is 2. The topological polar surface area (TPSA) is 237 Å². The minimum absolute atomic E-state index is 0.0667. The van der Waals surface area contributed by atoms with Crippen molar-refractivity contribution in [1.29, 1.82) is 0 Å². The van der Waals surface area contributed by atoms with Crippen molar-refractivity contribution < 1.29 is 80.2 Å². The predicted molar refractivity (Wildman–Crippen MR) is 445 cm³/mol. The Morgan fingerprint density at radius 3 is 0.759 bits per heavy atom. The van der Waals surface area contributed by atoms with Gasteiger partial charge in [0.15, 0.2) is 12.2 Å². The van der Waals surface area contributed by atoms with E-state index >= 15 is 0 Å². The third-order valence-electron chi connectivity index (χ3n) is 17.0. The summed E-state index contributed by atoms with van der Waals surface area (Å²) in [6, 6.07) is 0. The van der Waals surface area contributed by atoms with Crippen LogP contribution in [0.2, 0.25) is 0 Å². The highest BCUT2D eigenvalue weighted by molar-refractivity contribution is 7.47. The molecule has 0 amide bonds. The number of carbonyl (C=O) groups is 4. The summed E-state index contributed by atoms with van der Waals surface area (Å²) >= 11 is 0. The van der Waals surface area contributed by atoms with Crippen LogP contribution in [0.4, 0.5) is 0 Å². The van der Waals surface area contributed by atoms with E-state index in [4.69, 9.17) is 37.0 Å². The minimum atomic E-state index is -5.00. The molecular formula is C89H148O17P2. The molecule has 0 spiro atoms. The summed E-state index contributed by atoms with van der Waals surface area (Å²) in [6.07, 6.45) is 93.5. The van der Waals surface area contributed by atoms with Crippen LogP contribution in [0.15, 0.2) is 158 Å². The Balaban J connectivity index is 5.43. The summed E-state index contributed by atoms with van der Waals surface area (Å²) in [6.45, 7) is 4.47. The summed E-state index contributed by atoms with van der Waals surface area (Å²) in [7, 11) is -9.99. The van der Waals surface area contributed by atoms with Crippen molar-refractivity contribution >= 4 is 39.5 Å². The van der Waals surface area contributed by atoms with Gasteiger partial charge in [0, 0.05) is 25.7 Å². The molecule has 5 unspecified atom stereocenters. The molecule has 0 rings (SSSR count). The van der Waals surface area contributed by atoms with E-state index in [2.05, 4.69) is 186 Å². The molecule has 5 atom stereocenters. The van der Waals surface area contributed by atoms with Crippen molar-refractivity contribution in [1.82, 2.24) is 0 Å². The van der Waals surface area contributed by atoms with Gasteiger partial charge in [-0.05, 0) is 167 Å². The van der Waals surface area contributed by atoms with Crippen LogP contribution >= 0.6 is 15.6 Å². The molecule has 17 nitrogen and oxygen atoms in total. The van der Waals surface area contributed by atoms with Crippen LogP contribution < -0.4 is 0 Å². The third kappa shape index (κ3) is 78.8. The summed E-state index contributed by atoms with van der Waals surface area (Å²) < 4.78 is 68.7. The number of hydrogen-bond donors (Lipinski definition) is 3. The average Bonchev–Trinajstić information content (AvgIpc) is 0.923. The molecule has 0 fully saturated rings. The molecule has 0 aromatic heterocycles. The monoisotopic (exact) mass is 1550 g/mol. The van der Waals surface area contributed by atoms with Crippen LogP contribution in [0.5, 0.6) is 0 Å². The lowest BCUT2D eigenvalue weighted by Crippen LogP contribution is -2.30. The lowest BCUT2D eigenvalue weighted by atomic mass is 10.1. The molecule has 0 heterocycles. The van der Waals surface area contributed by atoms with E-state index in [0.29, 0.717) is 25.7 Å². The fraction of sp³-hybridized carbons (Fsp3) is 0.663. The SMILES string of the molecule is CC/C=C\C/C=C\C/C=C\C/C=C\C/C=C\CCCCCC(=O)OCC(COP(=O)(O)OCC(O)COP(=O)(O)OCC(COC(=O)CCCCCCCC/C=C\C/C=C\C/C=C\C/C=C\CC)OC(=O)CCCCCCC/C=C\C/C=C\C/C=C\CC)OC(=O)CCCCCCC/C=C\CCCCCCCC. The van der Waals surface area contributed by atoms with Crippen molar-refractivity contribution in [3.05, 3.63) is 158 Å². The Morgan fingerprint density at radius 2 is 0.481 bits per heavy atom. The number of rotatable bonds is 77. The molecule has 0 aromatic carbocycles. The molecule has 108 heavy (non-hydrogen) atoms. The standard InChI is InChI=1S/C89H148O17P2/c1-5-9-13-17-21-25-29-33-37-39-41-43-47-49-53-57-61-65-69-73-86(91)99-79-84(105-88(93)75-71-67-63-59-55-51-45-35-31-27-23-19-15-11-7-3)81-103-107(95,96)101-77-83(90)78-102-108(97,98)104-82-85(106-89(94)76-72-68-64-60-56-52-46-36-32-28-24-20-16-12-8-4)80-100-87(92)74-70-66-62-58-54-50-48-44-42-40-38-34-30-26-22-18-14-10-6-2/h9-11,13-15,21-23,25-27,33-38,41-46,50,54,83-85,90H,5-8,12,16-20,24,28-32,39-40,47-49,51-53,55-82H2,1-4H3,(H,95,96)(H,97,98)/b13-9-,14-10-,15-11-,25-21-,26-22-,27-23-,37-33-,38-34-,43-41-,44-42-,45-35-,46-36-,54-50-. The summed E-state index contributed by atoms with van der Waals surface area (Å²) in [4.78, 5) is 73.2. The van der Waals surface area contributed by atoms with Crippen LogP contribution in [-0.2, 0) is 65.4 Å².